The summed E-state index contributed by atoms with van der Waals surface area (Å²) in [6, 6.07) is 16.7. The van der Waals surface area contributed by atoms with Crippen LogP contribution >= 0.6 is 22.9 Å². The van der Waals surface area contributed by atoms with Crippen molar-refractivity contribution in [3.05, 3.63) is 92.3 Å². The molecule has 2 aromatic carbocycles. The normalized spacial score (nSPS) is 21.4. The molecule has 6 nitrogen and oxygen atoms in total. The van der Waals surface area contributed by atoms with Crippen molar-refractivity contribution in [1.29, 1.82) is 0 Å². The average Bonchev–Trinajstić information content (AvgIpc) is 3.45. The van der Waals surface area contributed by atoms with E-state index < -0.39 is 23.7 Å². The monoisotopic (exact) mass is 549 g/mol. The van der Waals surface area contributed by atoms with Crippen molar-refractivity contribution in [1.82, 2.24) is 0 Å². The molecule has 0 saturated heterocycles. The zero-order valence-electron chi connectivity index (χ0n) is 21.4. The molecule has 1 aliphatic heterocycles. The quantitative estimate of drug-likeness (QED) is 0.262. The molecule has 3 atom stereocenters. The van der Waals surface area contributed by atoms with Crippen LogP contribution in [0.15, 0.2) is 71.2 Å². The highest BCUT2D eigenvalue weighted by atomic mass is 35.5. The minimum absolute atomic E-state index is 0.0719. The second-order valence-corrected chi connectivity index (χ2v) is 10.9. The number of rotatable bonds is 6. The molecule has 0 N–H and O–H groups in total. The zero-order chi connectivity index (χ0) is 27.0. The molecule has 2 heterocycles. The van der Waals surface area contributed by atoms with Gasteiger partial charge in [0.25, 0.3) is 0 Å². The van der Waals surface area contributed by atoms with Crippen LogP contribution in [0.2, 0.25) is 5.02 Å². The van der Waals surface area contributed by atoms with E-state index in [1.807, 2.05) is 60.8 Å². The molecular weight excluding hydrogens is 522 g/mol. The number of carbonyl (C=O) groups is 3. The fraction of sp³-hybridized carbons (Fsp3) is 0.300. The van der Waals surface area contributed by atoms with Crippen molar-refractivity contribution >= 4 is 46.3 Å². The van der Waals surface area contributed by atoms with Crippen molar-refractivity contribution in [2.24, 2.45) is 5.92 Å². The summed E-state index contributed by atoms with van der Waals surface area (Å²) in [5, 5.41) is 2.46. The number of allylic oxidation sites excluding steroid dienone is 2. The number of methoxy groups -OCH3 is 1. The first-order valence-corrected chi connectivity index (χ1v) is 13.8. The van der Waals surface area contributed by atoms with Gasteiger partial charge in [0.1, 0.15) is 11.7 Å². The average molecular weight is 550 g/mol. The number of hydrogen-bond acceptors (Lipinski definition) is 6. The van der Waals surface area contributed by atoms with E-state index in [4.69, 9.17) is 21.1 Å². The van der Waals surface area contributed by atoms with Gasteiger partial charge in [-0.25, -0.2) is 0 Å². The number of ether oxygens (including phenoxy) is 2. The number of ketones is 1. The van der Waals surface area contributed by atoms with E-state index in [0.29, 0.717) is 34.2 Å². The van der Waals surface area contributed by atoms with Crippen LogP contribution in [0.25, 0.3) is 0 Å². The van der Waals surface area contributed by atoms with Gasteiger partial charge in [0.2, 0.25) is 5.91 Å². The molecular formula is C30H28ClNO5S. The van der Waals surface area contributed by atoms with Crippen molar-refractivity contribution in [2.45, 2.75) is 38.5 Å². The van der Waals surface area contributed by atoms with Crippen molar-refractivity contribution in [3.8, 4) is 5.75 Å². The summed E-state index contributed by atoms with van der Waals surface area (Å²) < 4.78 is 10.8. The lowest BCUT2D eigenvalue weighted by atomic mass is 9.69. The van der Waals surface area contributed by atoms with Crippen LogP contribution in [0.3, 0.4) is 0 Å². The molecule has 3 aromatic rings. The number of benzene rings is 2. The van der Waals surface area contributed by atoms with Crippen molar-refractivity contribution < 1.29 is 23.9 Å². The van der Waals surface area contributed by atoms with E-state index in [2.05, 4.69) is 0 Å². The van der Waals surface area contributed by atoms with Gasteiger partial charge in [0.05, 0.1) is 19.4 Å². The number of amides is 1. The molecule has 1 aromatic heterocycles. The number of anilines is 1. The van der Waals surface area contributed by atoms with E-state index >= 15 is 0 Å². The predicted molar refractivity (Wildman–Crippen MR) is 148 cm³/mol. The third-order valence-corrected chi connectivity index (χ3v) is 8.69. The Hall–Kier alpha value is -3.42. The van der Waals surface area contributed by atoms with Crippen molar-refractivity contribution in [3.63, 3.8) is 0 Å². The van der Waals surface area contributed by atoms with Crippen LogP contribution in [0.5, 0.6) is 5.75 Å². The third-order valence-electron chi connectivity index (χ3n) is 7.28. The maximum absolute atomic E-state index is 14.4. The number of carbonyl (C=O) groups excluding carboxylic acids is 3. The highest BCUT2D eigenvalue weighted by Gasteiger charge is 2.50. The van der Waals surface area contributed by atoms with Gasteiger partial charge in [0, 0.05) is 39.4 Å². The molecule has 0 unspecified atom stereocenters. The molecule has 1 aliphatic carbocycles. The lowest BCUT2D eigenvalue weighted by Gasteiger charge is -2.42. The minimum Gasteiger partial charge on any atom is -0.497 e. The molecule has 5 rings (SSSR count). The first-order valence-electron chi connectivity index (χ1n) is 12.5. The van der Waals surface area contributed by atoms with Crippen molar-refractivity contribution in [2.75, 3.05) is 18.6 Å². The Morgan fingerprint density at radius 1 is 1.11 bits per heavy atom. The minimum atomic E-state index is -0.989. The Kier molecular flexibility index (Phi) is 7.41. The van der Waals surface area contributed by atoms with Crippen LogP contribution < -0.4 is 9.64 Å². The number of halogens is 1. The highest BCUT2D eigenvalue weighted by molar-refractivity contribution is 7.10. The topological polar surface area (TPSA) is 72.9 Å². The van der Waals surface area contributed by atoms with Crippen LogP contribution in [-0.4, -0.2) is 31.4 Å². The summed E-state index contributed by atoms with van der Waals surface area (Å²) in [5.41, 5.74) is 3.37. The number of hydrogen-bond donors (Lipinski definition) is 0. The first-order chi connectivity index (χ1) is 18.3. The summed E-state index contributed by atoms with van der Waals surface area (Å²) >= 11 is 7.95. The van der Waals surface area contributed by atoms with Gasteiger partial charge >= 0.3 is 5.97 Å². The van der Waals surface area contributed by atoms with Gasteiger partial charge in [0.15, 0.2) is 5.78 Å². The van der Waals surface area contributed by atoms with Crippen LogP contribution in [0.1, 0.15) is 47.6 Å². The molecule has 38 heavy (non-hydrogen) atoms. The molecule has 1 amide bonds. The number of esters is 1. The molecule has 8 heteroatoms. The van der Waals surface area contributed by atoms with E-state index in [0.717, 1.165) is 16.0 Å². The molecule has 2 aliphatic rings. The maximum atomic E-state index is 14.4. The van der Waals surface area contributed by atoms with Gasteiger partial charge < -0.3 is 9.47 Å². The second-order valence-electron chi connectivity index (χ2n) is 9.48. The summed E-state index contributed by atoms with van der Waals surface area (Å²) in [6.45, 7) is 3.81. The van der Waals surface area contributed by atoms with Crippen LogP contribution in [-0.2, 0) is 19.1 Å². The fourth-order valence-corrected chi connectivity index (χ4v) is 6.51. The Bertz CT molecular complexity index is 1430. The number of aryl methyl sites for hydroxylation is 1. The van der Waals surface area contributed by atoms with Crippen LogP contribution in [0, 0.1) is 12.8 Å². The van der Waals surface area contributed by atoms with Crippen LogP contribution in [0.4, 0.5) is 5.69 Å². The SMILES string of the molecule is CCOC(=O)[C@@H]1C(=O)C2=C(C[C@H]1c1cccs1)N(c1ccc(C)c(Cl)c1)C(=O)C[C@H]2c1cccc(OC)c1. The Morgan fingerprint density at radius 3 is 2.61 bits per heavy atom. The Labute approximate surface area is 230 Å². The Balaban J connectivity index is 1.73. The predicted octanol–water partition coefficient (Wildman–Crippen LogP) is 6.43. The summed E-state index contributed by atoms with van der Waals surface area (Å²) in [7, 11) is 1.58. The van der Waals surface area contributed by atoms with E-state index in [1.54, 1.807) is 25.0 Å². The third kappa shape index (κ3) is 4.65. The van der Waals surface area contributed by atoms with E-state index in [9.17, 15) is 14.4 Å². The summed E-state index contributed by atoms with van der Waals surface area (Å²) in [4.78, 5) is 44.0. The van der Waals surface area contributed by atoms with Gasteiger partial charge in [-0.15, -0.1) is 11.3 Å². The first kappa shape index (κ1) is 26.2. The number of nitrogens with zero attached hydrogens (tertiary/aromatic N) is 1. The smallest absolute Gasteiger partial charge is 0.317 e. The molecule has 0 spiro atoms. The van der Waals surface area contributed by atoms with E-state index in [-0.39, 0.29) is 24.7 Å². The molecule has 0 radical (unpaired) electrons. The largest absolute Gasteiger partial charge is 0.497 e. The molecule has 0 saturated carbocycles. The van der Waals surface area contributed by atoms with Gasteiger partial charge in [-0.2, -0.15) is 0 Å². The van der Waals surface area contributed by atoms with Gasteiger partial charge in [-0.05, 0) is 67.1 Å². The van der Waals surface area contributed by atoms with Gasteiger partial charge in [-0.1, -0.05) is 35.9 Å². The maximum Gasteiger partial charge on any atom is 0.317 e. The standard InChI is InChI=1S/C30H28ClNO5S/c1-4-37-30(35)28-22(25-9-6-12-38-25)15-24-27(29(28)34)21(18-7-5-8-20(13-18)36-3)16-26(33)32(24)19-11-10-17(2)23(31)14-19/h5-14,21-22,28H,4,15-16H2,1-3H3/t21-,22-,28-/m0/s1. The summed E-state index contributed by atoms with van der Waals surface area (Å²) in [6.07, 6.45) is 0.408. The summed E-state index contributed by atoms with van der Waals surface area (Å²) in [5.74, 6) is -2.29. The molecule has 196 valence electrons. The number of thiophene rings is 1. The molecule has 0 fully saturated rings. The second kappa shape index (κ2) is 10.8. The lowest BCUT2D eigenvalue weighted by Crippen LogP contribution is -2.46. The fourth-order valence-electron chi connectivity index (χ4n) is 5.47. The Morgan fingerprint density at radius 2 is 1.92 bits per heavy atom. The zero-order valence-corrected chi connectivity index (χ0v) is 23.0. The molecule has 0 bridgehead atoms. The van der Waals surface area contributed by atoms with E-state index in [1.165, 1.54) is 11.3 Å². The number of Topliss-reactive ketones (excluding diaryl/α,β-unsaturated/α-hetero) is 1. The van der Waals surface area contributed by atoms with Gasteiger partial charge in [-0.3, -0.25) is 19.3 Å². The highest BCUT2D eigenvalue weighted by Crippen LogP contribution is 2.50. The lowest BCUT2D eigenvalue weighted by molar-refractivity contribution is -0.152.